The molecule has 4 rings (SSSR count). The fraction of sp³-hybridized carbons (Fsp3) is 0.333. The van der Waals surface area contributed by atoms with Crippen LogP contribution in [0.1, 0.15) is 43.6 Å². The van der Waals surface area contributed by atoms with Crippen molar-refractivity contribution in [2.45, 2.75) is 52.4 Å². The van der Waals surface area contributed by atoms with Gasteiger partial charge in [-0.25, -0.2) is 4.79 Å². The number of benzene rings is 2. The van der Waals surface area contributed by atoms with Gasteiger partial charge in [0.25, 0.3) is 0 Å². The topological polar surface area (TPSA) is 81.4 Å². The van der Waals surface area contributed by atoms with Crippen LogP contribution in [0.5, 0.6) is 0 Å². The Bertz CT molecular complexity index is 1300. The molecular formula is C24H25F3N6O. The van der Waals surface area contributed by atoms with E-state index < -0.39 is 17.6 Å². The first-order valence-electron chi connectivity index (χ1n) is 11.2. The third-order valence-electron chi connectivity index (χ3n) is 5.80. The Morgan fingerprint density at radius 1 is 0.971 bits per heavy atom. The Morgan fingerprint density at radius 3 is 2.26 bits per heavy atom. The Hall–Kier alpha value is -3.69. The number of aromatic nitrogens is 6. The Morgan fingerprint density at radius 2 is 1.68 bits per heavy atom. The zero-order valence-corrected chi connectivity index (χ0v) is 18.9. The van der Waals surface area contributed by atoms with Gasteiger partial charge in [-0.05, 0) is 41.7 Å². The van der Waals surface area contributed by atoms with Gasteiger partial charge in [0.15, 0.2) is 0 Å². The van der Waals surface area contributed by atoms with E-state index in [-0.39, 0.29) is 25.2 Å². The number of hydrogen-bond acceptors (Lipinski definition) is 4. The van der Waals surface area contributed by atoms with Gasteiger partial charge in [-0.1, -0.05) is 61.9 Å². The minimum Gasteiger partial charge on any atom is -0.291 e. The number of alkyl halides is 3. The second-order valence-electron chi connectivity index (χ2n) is 7.99. The monoisotopic (exact) mass is 470 g/mol. The molecule has 0 unspecified atom stereocenters. The van der Waals surface area contributed by atoms with Gasteiger partial charge in [-0.3, -0.25) is 9.13 Å². The predicted octanol–water partition coefficient (Wildman–Crippen LogP) is 4.93. The van der Waals surface area contributed by atoms with Crippen molar-refractivity contribution in [3.63, 3.8) is 0 Å². The number of imidazole rings is 1. The summed E-state index contributed by atoms with van der Waals surface area (Å²) in [6, 6.07) is 15.0. The number of nitrogens with one attached hydrogen (secondary N) is 1. The molecule has 0 saturated heterocycles. The molecule has 2 aromatic heterocycles. The highest BCUT2D eigenvalue weighted by molar-refractivity contribution is 5.80. The second-order valence-corrected chi connectivity index (χ2v) is 7.99. The van der Waals surface area contributed by atoms with Crippen molar-refractivity contribution in [3.8, 4) is 22.5 Å². The summed E-state index contributed by atoms with van der Waals surface area (Å²) in [5.74, 6) is 0.465. The number of unbranched alkanes of at least 4 members (excludes halogenated alkanes) is 1. The Balaban J connectivity index is 1.70. The summed E-state index contributed by atoms with van der Waals surface area (Å²) in [5.41, 5.74) is 1.91. The van der Waals surface area contributed by atoms with Gasteiger partial charge in [0.1, 0.15) is 5.69 Å². The van der Waals surface area contributed by atoms with E-state index in [1.807, 2.05) is 55.5 Å². The molecule has 4 aromatic rings. The fourth-order valence-corrected chi connectivity index (χ4v) is 4.19. The predicted molar refractivity (Wildman–Crippen MR) is 122 cm³/mol. The van der Waals surface area contributed by atoms with Crippen LogP contribution in [-0.4, -0.2) is 29.8 Å². The number of rotatable bonds is 8. The smallest absolute Gasteiger partial charge is 0.291 e. The molecule has 0 atom stereocenters. The van der Waals surface area contributed by atoms with Crippen molar-refractivity contribution in [3.05, 3.63) is 76.0 Å². The standard InChI is InChI=1S/C24H25F3N6O/c1-3-5-10-20-21(24(25,26)27)32(4-2)23(34)33(20)15-16-11-13-17(14-12-16)18-8-6-7-9-19(18)22-28-30-31-29-22/h6-9,11-14H,3-5,10,15H2,1-2H3,(H,28,29,30,31). The molecule has 0 saturated carbocycles. The highest BCUT2D eigenvalue weighted by atomic mass is 19.4. The number of tetrazole rings is 1. The lowest BCUT2D eigenvalue weighted by atomic mass is 9.98. The van der Waals surface area contributed by atoms with Crippen molar-refractivity contribution in [1.82, 2.24) is 29.8 Å². The van der Waals surface area contributed by atoms with Crippen molar-refractivity contribution >= 4 is 0 Å². The number of aromatic amines is 1. The van der Waals surface area contributed by atoms with Crippen LogP contribution in [0.25, 0.3) is 22.5 Å². The Kier molecular flexibility index (Phi) is 6.67. The molecule has 0 aliphatic rings. The van der Waals surface area contributed by atoms with Gasteiger partial charge < -0.3 is 0 Å². The highest BCUT2D eigenvalue weighted by Crippen LogP contribution is 2.33. The third-order valence-corrected chi connectivity index (χ3v) is 5.80. The van der Waals surface area contributed by atoms with Crippen LogP contribution < -0.4 is 5.69 Å². The average molecular weight is 470 g/mol. The van der Waals surface area contributed by atoms with Crippen molar-refractivity contribution in [2.24, 2.45) is 0 Å². The molecule has 1 N–H and O–H groups in total. The van der Waals surface area contributed by atoms with Gasteiger partial charge in [-0.2, -0.15) is 18.4 Å². The molecule has 0 bridgehead atoms. The maximum absolute atomic E-state index is 13.9. The van der Waals surface area contributed by atoms with E-state index in [9.17, 15) is 18.0 Å². The summed E-state index contributed by atoms with van der Waals surface area (Å²) >= 11 is 0. The average Bonchev–Trinajstić information content (AvgIpc) is 3.45. The molecule has 0 fully saturated rings. The molecule has 0 radical (unpaired) electrons. The quantitative estimate of drug-likeness (QED) is 0.396. The van der Waals surface area contributed by atoms with Crippen LogP contribution in [0.3, 0.4) is 0 Å². The van der Waals surface area contributed by atoms with E-state index in [1.54, 1.807) is 6.92 Å². The normalized spacial score (nSPS) is 11.8. The van der Waals surface area contributed by atoms with E-state index in [0.717, 1.165) is 33.2 Å². The molecular weight excluding hydrogens is 445 g/mol. The molecule has 34 heavy (non-hydrogen) atoms. The van der Waals surface area contributed by atoms with E-state index in [1.165, 1.54) is 4.57 Å². The van der Waals surface area contributed by atoms with E-state index >= 15 is 0 Å². The number of H-pyrrole nitrogens is 1. The van der Waals surface area contributed by atoms with Crippen molar-refractivity contribution in [1.29, 1.82) is 0 Å². The van der Waals surface area contributed by atoms with Gasteiger partial charge in [0, 0.05) is 12.1 Å². The summed E-state index contributed by atoms with van der Waals surface area (Å²) in [7, 11) is 0. The first kappa shape index (κ1) is 23.5. The first-order valence-corrected chi connectivity index (χ1v) is 11.2. The van der Waals surface area contributed by atoms with Crippen molar-refractivity contribution < 1.29 is 13.2 Å². The minimum absolute atomic E-state index is 0.0361. The highest BCUT2D eigenvalue weighted by Gasteiger charge is 2.40. The van der Waals surface area contributed by atoms with Gasteiger partial charge in [0.2, 0.25) is 5.82 Å². The van der Waals surface area contributed by atoms with Gasteiger partial charge in [-0.15, -0.1) is 10.2 Å². The van der Waals surface area contributed by atoms with Crippen LogP contribution in [0.2, 0.25) is 0 Å². The lowest BCUT2D eigenvalue weighted by Gasteiger charge is -2.13. The zero-order valence-electron chi connectivity index (χ0n) is 18.9. The van der Waals surface area contributed by atoms with Crippen LogP contribution in [0.4, 0.5) is 13.2 Å². The third kappa shape index (κ3) is 4.52. The lowest BCUT2D eigenvalue weighted by molar-refractivity contribution is -0.144. The summed E-state index contributed by atoms with van der Waals surface area (Å²) in [6.45, 7) is 3.50. The largest absolute Gasteiger partial charge is 0.433 e. The van der Waals surface area contributed by atoms with E-state index in [4.69, 9.17) is 0 Å². The van der Waals surface area contributed by atoms with E-state index in [0.29, 0.717) is 12.2 Å². The molecule has 0 aliphatic heterocycles. The summed E-state index contributed by atoms with van der Waals surface area (Å²) in [5, 5.41) is 14.2. The van der Waals surface area contributed by atoms with Crippen molar-refractivity contribution in [2.75, 3.05) is 0 Å². The summed E-state index contributed by atoms with van der Waals surface area (Å²) in [4.78, 5) is 12.9. The fourth-order valence-electron chi connectivity index (χ4n) is 4.19. The van der Waals surface area contributed by atoms with E-state index in [2.05, 4.69) is 20.6 Å². The lowest BCUT2D eigenvalue weighted by Crippen LogP contribution is -2.26. The summed E-state index contributed by atoms with van der Waals surface area (Å²) in [6.07, 6.45) is -3.09. The molecule has 2 heterocycles. The van der Waals surface area contributed by atoms with Gasteiger partial charge >= 0.3 is 11.9 Å². The van der Waals surface area contributed by atoms with Crippen LogP contribution in [-0.2, 0) is 25.7 Å². The van der Waals surface area contributed by atoms with Gasteiger partial charge in [0.05, 0.1) is 12.2 Å². The SMILES string of the molecule is CCCCc1c(C(F)(F)F)n(CC)c(=O)n1Cc1ccc(-c2ccccc2-c2nn[nH]n2)cc1. The summed E-state index contributed by atoms with van der Waals surface area (Å²) < 4.78 is 43.7. The molecule has 0 amide bonds. The Labute approximate surface area is 194 Å². The molecule has 7 nitrogen and oxygen atoms in total. The second kappa shape index (κ2) is 9.66. The maximum atomic E-state index is 13.9. The molecule has 0 aliphatic carbocycles. The van der Waals surface area contributed by atoms with Crippen LogP contribution in [0, 0.1) is 0 Å². The number of nitrogens with zero attached hydrogens (tertiary/aromatic N) is 5. The molecule has 10 heteroatoms. The number of hydrogen-bond donors (Lipinski definition) is 1. The van der Waals surface area contributed by atoms with Crippen LogP contribution in [0.15, 0.2) is 53.3 Å². The number of halogens is 3. The minimum atomic E-state index is -4.59. The first-order chi connectivity index (χ1) is 16.3. The maximum Gasteiger partial charge on any atom is 0.433 e. The molecule has 2 aromatic carbocycles. The zero-order chi connectivity index (χ0) is 24.3. The molecule has 0 spiro atoms. The molecule has 178 valence electrons. The van der Waals surface area contributed by atoms with Crippen LogP contribution >= 0.6 is 0 Å².